The number of ether oxygens (including phenoxy) is 1. The lowest BCUT2D eigenvalue weighted by Gasteiger charge is -2.39. The molecule has 1 saturated heterocycles. The van der Waals surface area contributed by atoms with Crippen LogP contribution in [-0.4, -0.2) is 52.2 Å². The van der Waals surface area contributed by atoms with Crippen LogP contribution in [0.4, 0.5) is 4.79 Å². The smallest absolute Gasteiger partial charge is 0.409 e. The van der Waals surface area contributed by atoms with Gasteiger partial charge in [-0.25, -0.2) is 9.59 Å². The number of oxime groups is 1. The van der Waals surface area contributed by atoms with E-state index in [0.29, 0.717) is 18.7 Å². The van der Waals surface area contributed by atoms with Crippen LogP contribution in [0.1, 0.15) is 24.8 Å². The number of carbonyl (C=O) groups is 2. The van der Waals surface area contributed by atoms with Crippen LogP contribution in [0.15, 0.2) is 29.4 Å². The Morgan fingerprint density at radius 1 is 1.32 bits per heavy atom. The number of nitrogens with two attached hydrogens (primary N) is 1. The molecule has 2 rings (SSSR count). The fourth-order valence-electron chi connectivity index (χ4n) is 2.47. The largest absolute Gasteiger partial charge is 0.482 e. The molecule has 0 spiro atoms. The maximum Gasteiger partial charge on any atom is 0.409 e. The Hall–Kier alpha value is -2.65. The van der Waals surface area contributed by atoms with Gasteiger partial charge in [0.15, 0.2) is 6.61 Å². The van der Waals surface area contributed by atoms with Gasteiger partial charge in [0.25, 0.3) is 0 Å². The van der Waals surface area contributed by atoms with Crippen LogP contribution in [-0.2, 0) is 16.2 Å². The van der Waals surface area contributed by atoms with E-state index >= 15 is 0 Å². The van der Waals surface area contributed by atoms with Crippen molar-refractivity contribution in [2.45, 2.75) is 31.5 Å². The Kier molecular flexibility index (Phi) is 6.31. The molecular formula is C16H21N3O6. The highest BCUT2D eigenvalue weighted by molar-refractivity contribution is 5.78. The predicted molar refractivity (Wildman–Crippen MR) is 87.9 cm³/mol. The first-order valence-corrected chi connectivity index (χ1v) is 7.81. The second-order valence-electron chi connectivity index (χ2n) is 5.67. The summed E-state index contributed by atoms with van der Waals surface area (Å²) in [5.74, 6) is -0.304. The summed E-state index contributed by atoms with van der Waals surface area (Å²) in [6.07, 6.45) is 1.87. The van der Waals surface area contributed by atoms with E-state index in [-0.39, 0.29) is 13.2 Å². The van der Waals surface area contributed by atoms with E-state index < -0.39 is 17.7 Å². The summed E-state index contributed by atoms with van der Waals surface area (Å²) in [6, 6.07) is 6.56. The van der Waals surface area contributed by atoms with Gasteiger partial charge in [-0.05, 0) is 37.0 Å². The highest BCUT2D eigenvalue weighted by Crippen LogP contribution is 2.22. The Morgan fingerprint density at radius 2 is 2.04 bits per heavy atom. The molecule has 1 aromatic rings. The molecule has 1 amide bonds. The van der Waals surface area contributed by atoms with E-state index in [0.717, 1.165) is 29.5 Å². The summed E-state index contributed by atoms with van der Waals surface area (Å²) in [5.41, 5.74) is 5.47. The highest BCUT2D eigenvalue weighted by Gasteiger charge is 2.37. The topological polar surface area (TPSA) is 135 Å². The van der Waals surface area contributed by atoms with Crippen molar-refractivity contribution >= 4 is 18.3 Å². The molecule has 25 heavy (non-hydrogen) atoms. The van der Waals surface area contributed by atoms with Crippen LogP contribution < -0.4 is 10.5 Å². The number of nitrogens with zero attached hydrogens (tertiary/aromatic N) is 2. The van der Waals surface area contributed by atoms with E-state index in [1.165, 1.54) is 0 Å². The van der Waals surface area contributed by atoms with Gasteiger partial charge in [0.05, 0.1) is 12.8 Å². The monoisotopic (exact) mass is 351 g/mol. The quantitative estimate of drug-likeness (QED) is 0.394. The molecule has 1 aliphatic rings. The molecule has 1 fully saturated rings. The van der Waals surface area contributed by atoms with E-state index in [1.54, 1.807) is 24.3 Å². The second kappa shape index (κ2) is 8.45. The number of piperidine rings is 1. The van der Waals surface area contributed by atoms with Crippen molar-refractivity contribution in [1.29, 1.82) is 0 Å². The lowest BCUT2D eigenvalue weighted by atomic mass is 9.97. The average Bonchev–Trinajstić information content (AvgIpc) is 2.60. The number of carbonyl (C=O) groups excluding carboxylic acids is 1. The summed E-state index contributed by atoms with van der Waals surface area (Å²) in [5, 5.41) is 21.6. The maximum atomic E-state index is 11.6. The van der Waals surface area contributed by atoms with Crippen LogP contribution in [0, 0.1) is 0 Å². The predicted octanol–water partition coefficient (Wildman–Crippen LogP) is 0.906. The number of aliphatic hydroxyl groups excluding tert-OH is 1. The molecule has 1 aliphatic heterocycles. The average molecular weight is 351 g/mol. The molecule has 9 heteroatoms. The van der Waals surface area contributed by atoms with Crippen molar-refractivity contribution in [3.05, 3.63) is 29.8 Å². The van der Waals surface area contributed by atoms with Crippen LogP contribution in [0.2, 0.25) is 0 Å². The van der Waals surface area contributed by atoms with E-state index in [2.05, 4.69) is 9.99 Å². The third kappa shape index (κ3) is 5.16. The van der Waals surface area contributed by atoms with Gasteiger partial charge in [-0.15, -0.1) is 0 Å². The first kappa shape index (κ1) is 18.7. The number of rotatable bonds is 6. The molecule has 0 aromatic heterocycles. The third-order valence-corrected chi connectivity index (χ3v) is 3.84. The molecule has 136 valence electrons. The SMILES string of the molecule is N[C@@]1(C=NOC(=O)COc2ccc(CO)cc2)CCCCN1C(=O)O. The summed E-state index contributed by atoms with van der Waals surface area (Å²) >= 11 is 0. The molecule has 4 N–H and O–H groups in total. The minimum absolute atomic E-state index is 0.0781. The molecule has 0 saturated carbocycles. The van der Waals surface area contributed by atoms with Gasteiger partial charge in [0.1, 0.15) is 11.4 Å². The molecule has 0 aliphatic carbocycles. The number of hydrogen-bond acceptors (Lipinski definition) is 7. The molecule has 9 nitrogen and oxygen atoms in total. The van der Waals surface area contributed by atoms with Gasteiger partial charge < -0.3 is 25.5 Å². The Bertz CT molecular complexity index is 633. The first-order chi connectivity index (χ1) is 11.9. The zero-order valence-electron chi connectivity index (χ0n) is 13.6. The zero-order chi connectivity index (χ0) is 18.3. The van der Waals surface area contributed by atoms with Crippen molar-refractivity contribution in [2.75, 3.05) is 13.2 Å². The van der Waals surface area contributed by atoms with Gasteiger partial charge in [0.2, 0.25) is 0 Å². The zero-order valence-corrected chi connectivity index (χ0v) is 13.6. The van der Waals surface area contributed by atoms with Gasteiger partial charge in [-0.2, -0.15) is 0 Å². The van der Waals surface area contributed by atoms with Crippen molar-refractivity contribution in [1.82, 2.24) is 4.90 Å². The minimum Gasteiger partial charge on any atom is -0.482 e. The van der Waals surface area contributed by atoms with E-state index in [4.69, 9.17) is 15.6 Å². The van der Waals surface area contributed by atoms with Gasteiger partial charge >= 0.3 is 12.1 Å². The van der Waals surface area contributed by atoms with E-state index in [1.807, 2.05) is 0 Å². The van der Waals surface area contributed by atoms with Crippen molar-refractivity contribution in [3.8, 4) is 5.75 Å². The van der Waals surface area contributed by atoms with Crippen molar-refractivity contribution in [2.24, 2.45) is 10.9 Å². The second-order valence-corrected chi connectivity index (χ2v) is 5.67. The van der Waals surface area contributed by atoms with Gasteiger partial charge in [-0.3, -0.25) is 4.90 Å². The molecule has 1 heterocycles. The first-order valence-electron chi connectivity index (χ1n) is 7.81. The molecular weight excluding hydrogens is 330 g/mol. The number of amides is 1. The fraction of sp³-hybridized carbons (Fsp3) is 0.438. The number of hydrogen-bond donors (Lipinski definition) is 3. The van der Waals surface area contributed by atoms with Crippen LogP contribution in [0.3, 0.4) is 0 Å². The minimum atomic E-state index is -1.29. The van der Waals surface area contributed by atoms with E-state index in [9.17, 15) is 14.7 Å². The fourth-order valence-corrected chi connectivity index (χ4v) is 2.47. The van der Waals surface area contributed by atoms with Crippen LogP contribution >= 0.6 is 0 Å². The number of aliphatic hydroxyl groups is 1. The molecule has 0 radical (unpaired) electrons. The molecule has 1 atom stereocenters. The summed E-state index contributed by atoms with van der Waals surface area (Å²) < 4.78 is 5.23. The van der Waals surface area contributed by atoms with Gasteiger partial charge in [-0.1, -0.05) is 17.3 Å². The number of likely N-dealkylation sites (tertiary alicyclic amines) is 1. The number of carboxylic acid groups (broad SMARTS) is 1. The maximum absolute atomic E-state index is 11.6. The Balaban J connectivity index is 1.83. The summed E-state index contributed by atoms with van der Waals surface area (Å²) in [6.45, 7) is -0.139. The normalized spacial score (nSPS) is 20.5. The van der Waals surface area contributed by atoms with Crippen LogP contribution in [0.5, 0.6) is 5.75 Å². The molecule has 0 unspecified atom stereocenters. The molecule has 0 bridgehead atoms. The Labute approximate surface area is 144 Å². The third-order valence-electron chi connectivity index (χ3n) is 3.84. The lowest BCUT2D eigenvalue weighted by molar-refractivity contribution is -0.146. The van der Waals surface area contributed by atoms with Crippen LogP contribution in [0.25, 0.3) is 0 Å². The Morgan fingerprint density at radius 3 is 2.68 bits per heavy atom. The van der Waals surface area contributed by atoms with Gasteiger partial charge in [0, 0.05) is 6.54 Å². The summed E-state index contributed by atoms with van der Waals surface area (Å²) in [7, 11) is 0. The molecule has 1 aromatic carbocycles. The van der Waals surface area contributed by atoms with Crippen molar-refractivity contribution < 1.29 is 29.4 Å². The number of benzene rings is 1. The highest BCUT2D eigenvalue weighted by atomic mass is 16.7. The van der Waals surface area contributed by atoms with Crippen molar-refractivity contribution in [3.63, 3.8) is 0 Å². The lowest BCUT2D eigenvalue weighted by Crippen LogP contribution is -2.61. The summed E-state index contributed by atoms with van der Waals surface area (Å²) in [4.78, 5) is 28.6. The standard InChI is InChI=1S/C16H21N3O6/c17-16(7-1-2-8-19(16)15(22)23)11-18-25-14(21)10-24-13-5-3-12(9-20)4-6-13/h3-6,11,20H,1-2,7-10,17H2,(H,22,23)/t16-/m0/s1.